The Hall–Kier alpha value is -1.28. The second-order valence-corrected chi connectivity index (χ2v) is 4.80. The molecule has 0 spiro atoms. The van der Waals surface area contributed by atoms with Crippen LogP contribution in [0.2, 0.25) is 0 Å². The lowest BCUT2D eigenvalue weighted by molar-refractivity contribution is 0.338. The topological polar surface area (TPSA) is 35.2 Å². The zero-order valence-electron chi connectivity index (χ0n) is 12.0. The van der Waals surface area contributed by atoms with Crippen molar-refractivity contribution in [3.8, 4) is 5.75 Å². The van der Waals surface area contributed by atoms with Crippen molar-refractivity contribution in [1.82, 2.24) is 0 Å². The second-order valence-electron chi connectivity index (χ2n) is 4.80. The van der Waals surface area contributed by atoms with E-state index in [1.54, 1.807) is 0 Å². The van der Waals surface area contributed by atoms with Gasteiger partial charge in [0.25, 0.3) is 0 Å². The molecule has 0 aliphatic rings. The Bertz CT molecular complexity index is 408. The minimum atomic E-state index is 0.508. The van der Waals surface area contributed by atoms with Gasteiger partial charge in [-0.2, -0.15) is 0 Å². The summed E-state index contributed by atoms with van der Waals surface area (Å²) in [5, 5.41) is 0. The van der Waals surface area contributed by atoms with Crippen LogP contribution in [0.4, 0.5) is 0 Å². The molecular weight excluding hydrogens is 222 g/mol. The summed E-state index contributed by atoms with van der Waals surface area (Å²) in [4.78, 5) is 0. The quantitative estimate of drug-likeness (QED) is 0.830. The van der Waals surface area contributed by atoms with Crippen molar-refractivity contribution in [2.24, 2.45) is 11.7 Å². The van der Waals surface area contributed by atoms with Crippen molar-refractivity contribution in [2.75, 3.05) is 13.2 Å². The number of ether oxygens (including phenoxy) is 1. The summed E-state index contributed by atoms with van der Waals surface area (Å²) in [6, 6.07) is 6.40. The molecule has 0 saturated heterocycles. The number of nitrogens with two attached hydrogens (primary N) is 1. The first-order valence-electron chi connectivity index (χ1n) is 6.74. The summed E-state index contributed by atoms with van der Waals surface area (Å²) in [5.41, 5.74) is 9.42. The van der Waals surface area contributed by atoms with E-state index in [0.717, 1.165) is 12.2 Å². The van der Waals surface area contributed by atoms with Crippen LogP contribution in [0, 0.1) is 12.8 Å². The normalized spacial score (nSPS) is 12.0. The van der Waals surface area contributed by atoms with Crippen molar-refractivity contribution in [3.63, 3.8) is 0 Å². The summed E-state index contributed by atoms with van der Waals surface area (Å²) < 4.78 is 5.57. The standard InChI is InChI=1S/C16H25NO/c1-5-18-16-9-8-14(11-13(16)4)15(12(2)3)7-6-10-17/h7-9,11-12H,5-6,10,17H2,1-4H3/b15-7+. The molecule has 0 aliphatic carbocycles. The van der Waals surface area contributed by atoms with Gasteiger partial charge in [0.15, 0.2) is 0 Å². The number of benzene rings is 1. The summed E-state index contributed by atoms with van der Waals surface area (Å²) in [6.45, 7) is 9.94. The van der Waals surface area contributed by atoms with Crippen LogP contribution in [-0.2, 0) is 0 Å². The smallest absolute Gasteiger partial charge is 0.122 e. The lowest BCUT2D eigenvalue weighted by Gasteiger charge is -2.15. The Morgan fingerprint density at radius 3 is 2.61 bits per heavy atom. The predicted molar refractivity (Wildman–Crippen MR) is 78.8 cm³/mol. The Balaban J connectivity index is 3.03. The number of aryl methyl sites for hydroxylation is 1. The van der Waals surface area contributed by atoms with Crippen LogP contribution in [0.15, 0.2) is 24.3 Å². The zero-order valence-corrected chi connectivity index (χ0v) is 12.0. The van der Waals surface area contributed by atoms with Crippen LogP contribution in [-0.4, -0.2) is 13.2 Å². The van der Waals surface area contributed by atoms with Gasteiger partial charge in [0.2, 0.25) is 0 Å². The van der Waals surface area contributed by atoms with Gasteiger partial charge >= 0.3 is 0 Å². The molecule has 1 aromatic carbocycles. The van der Waals surface area contributed by atoms with Gasteiger partial charge in [-0.3, -0.25) is 0 Å². The van der Waals surface area contributed by atoms with Crippen molar-refractivity contribution in [3.05, 3.63) is 35.4 Å². The fourth-order valence-corrected chi connectivity index (χ4v) is 2.07. The van der Waals surface area contributed by atoms with Gasteiger partial charge < -0.3 is 10.5 Å². The number of hydrogen-bond acceptors (Lipinski definition) is 2. The molecule has 2 N–H and O–H groups in total. The van der Waals surface area contributed by atoms with Crippen LogP contribution in [0.5, 0.6) is 5.75 Å². The Morgan fingerprint density at radius 1 is 1.39 bits per heavy atom. The predicted octanol–water partition coefficient (Wildman–Crippen LogP) is 3.78. The Morgan fingerprint density at radius 2 is 2.11 bits per heavy atom. The highest BCUT2D eigenvalue weighted by Crippen LogP contribution is 2.28. The molecule has 100 valence electrons. The molecule has 0 radical (unpaired) electrons. The molecule has 0 bridgehead atoms. The third-order valence-corrected chi connectivity index (χ3v) is 2.96. The van der Waals surface area contributed by atoms with Gasteiger partial charge in [0, 0.05) is 0 Å². The molecule has 0 atom stereocenters. The maximum atomic E-state index is 5.58. The summed E-state index contributed by atoms with van der Waals surface area (Å²) in [5.74, 6) is 1.48. The largest absolute Gasteiger partial charge is 0.494 e. The molecule has 0 aromatic heterocycles. The highest BCUT2D eigenvalue weighted by Gasteiger charge is 2.08. The van der Waals surface area contributed by atoms with Crippen LogP contribution >= 0.6 is 0 Å². The van der Waals surface area contributed by atoms with Gasteiger partial charge in [-0.15, -0.1) is 0 Å². The zero-order chi connectivity index (χ0) is 13.5. The van der Waals surface area contributed by atoms with Gasteiger partial charge in [-0.25, -0.2) is 0 Å². The van der Waals surface area contributed by atoms with Gasteiger partial charge in [0.1, 0.15) is 5.75 Å². The molecule has 2 heteroatoms. The van der Waals surface area contributed by atoms with E-state index in [1.807, 2.05) is 6.92 Å². The monoisotopic (exact) mass is 247 g/mol. The Kier molecular flexibility index (Phi) is 5.93. The van der Waals surface area contributed by atoms with E-state index in [4.69, 9.17) is 10.5 Å². The number of hydrogen-bond donors (Lipinski definition) is 1. The van der Waals surface area contributed by atoms with Crippen LogP contribution in [0.1, 0.15) is 38.3 Å². The molecule has 2 nitrogen and oxygen atoms in total. The SMILES string of the molecule is CCOc1ccc(/C(=C/CCN)C(C)C)cc1C. The van der Waals surface area contributed by atoms with Crippen LogP contribution < -0.4 is 10.5 Å². The lowest BCUT2D eigenvalue weighted by atomic mass is 9.93. The van der Waals surface area contributed by atoms with Gasteiger partial charge in [0.05, 0.1) is 6.61 Å². The molecule has 0 fully saturated rings. The molecule has 1 rings (SSSR count). The highest BCUT2D eigenvalue weighted by molar-refractivity contribution is 5.68. The molecule has 0 unspecified atom stereocenters. The summed E-state index contributed by atoms with van der Waals surface area (Å²) >= 11 is 0. The third-order valence-electron chi connectivity index (χ3n) is 2.96. The lowest BCUT2D eigenvalue weighted by Crippen LogP contribution is -2.00. The maximum Gasteiger partial charge on any atom is 0.122 e. The first-order valence-corrected chi connectivity index (χ1v) is 6.74. The number of allylic oxidation sites excluding steroid dienone is 1. The van der Waals surface area contributed by atoms with E-state index in [9.17, 15) is 0 Å². The maximum absolute atomic E-state index is 5.58. The average molecular weight is 247 g/mol. The minimum Gasteiger partial charge on any atom is -0.494 e. The molecule has 0 heterocycles. The first kappa shape index (κ1) is 14.8. The van der Waals surface area contributed by atoms with Crippen molar-refractivity contribution in [1.29, 1.82) is 0 Å². The Labute approximate surface area is 111 Å². The van der Waals surface area contributed by atoms with E-state index in [2.05, 4.69) is 45.0 Å². The fraction of sp³-hybridized carbons (Fsp3) is 0.500. The first-order chi connectivity index (χ1) is 8.60. The van der Waals surface area contributed by atoms with Gasteiger partial charge in [-0.05, 0) is 61.6 Å². The van der Waals surface area contributed by atoms with Crippen LogP contribution in [0.25, 0.3) is 5.57 Å². The van der Waals surface area contributed by atoms with Crippen molar-refractivity contribution in [2.45, 2.75) is 34.1 Å². The number of rotatable bonds is 6. The molecule has 18 heavy (non-hydrogen) atoms. The minimum absolute atomic E-state index is 0.508. The van der Waals surface area contributed by atoms with E-state index < -0.39 is 0 Å². The average Bonchev–Trinajstić information content (AvgIpc) is 2.32. The van der Waals surface area contributed by atoms with Gasteiger partial charge in [-0.1, -0.05) is 26.0 Å². The van der Waals surface area contributed by atoms with E-state index in [1.165, 1.54) is 16.7 Å². The molecule has 0 saturated carbocycles. The molecule has 1 aromatic rings. The van der Waals surface area contributed by atoms with Crippen molar-refractivity contribution < 1.29 is 4.74 Å². The van der Waals surface area contributed by atoms with Crippen molar-refractivity contribution >= 4 is 5.57 Å². The summed E-state index contributed by atoms with van der Waals surface area (Å²) in [7, 11) is 0. The van der Waals surface area contributed by atoms with E-state index in [-0.39, 0.29) is 0 Å². The van der Waals surface area contributed by atoms with E-state index in [0.29, 0.717) is 19.1 Å². The summed E-state index contributed by atoms with van der Waals surface area (Å²) in [6.07, 6.45) is 3.18. The molecule has 0 aliphatic heterocycles. The highest BCUT2D eigenvalue weighted by atomic mass is 16.5. The third kappa shape index (κ3) is 3.88. The second kappa shape index (κ2) is 7.22. The fourth-order valence-electron chi connectivity index (χ4n) is 2.07. The van der Waals surface area contributed by atoms with Crippen LogP contribution in [0.3, 0.4) is 0 Å². The molecule has 0 amide bonds. The van der Waals surface area contributed by atoms with E-state index >= 15 is 0 Å². The molecular formula is C16H25NO.